The quantitative estimate of drug-likeness (QED) is 0.0265. The molecule has 0 saturated heterocycles. The molecule has 0 rings (SSSR count). The Bertz CT molecular complexity index is 1160. The zero-order valence-corrected chi connectivity index (χ0v) is 37.5. The maximum atomic E-state index is 12.7. The van der Waals surface area contributed by atoms with Gasteiger partial charge in [-0.15, -0.1) is 0 Å². The van der Waals surface area contributed by atoms with Gasteiger partial charge in [0.05, 0.1) is 0 Å². The van der Waals surface area contributed by atoms with Crippen molar-refractivity contribution in [2.45, 2.75) is 213 Å². The minimum Gasteiger partial charge on any atom is -0.462 e. The first kappa shape index (κ1) is 54.6. The van der Waals surface area contributed by atoms with E-state index in [4.69, 9.17) is 14.2 Å². The number of esters is 3. The van der Waals surface area contributed by atoms with E-state index in [2.05, 4.69) is 106 Å². The van der Waals surface area contributed by atoms with Crippen molar-refractivity contribution >= 4 is 17.9 Å². The van der Waals surface area contributed by atoms with Gasteiger partial charge in [0.25, 0.3) is 0 Å². The first-order chi connectivity index (χ1) is 28.5. The number of ether oxygens (including phenoxy) is 3. The lowest BCUT2D eigenvalue weighted by Gasteiger charge is -2.18. The Morgan fingerprint density at radius 1 is 0.362 bits per heavy atom. The van der Waals surface area contributed by atoms with Gasteiger partial charge in [-0.3, -0.25) is 14.4 Å². The van der Waals surface area contributed by atoms with E-state index in [1.54, 1.807) is 0 Å². The van der Waals surface area contributed by atoms with E-state index in [-0.39, 0.29) is 31.1 Å². The van der Waals surface area contributed by atoms with E-state index in [1.165, 1.54) is 44.9 Å². The Morgan fingerprint density at radius 2 is 0.690 bits per heavy atom. The molecule has 0 aliphatic carbocycles. The molecule has 0 bridgehead atoms. The van der Waals surface area contributed by atoms with Crippen molar-refractivity contribution in [3.8, 4) is 0 Å². The monoisotopic (exact) mass is 807 g/mol. The third-order valence-corrected chi connectivity index (χ3v) is 9.63. The van der Waals surface area contributed by atoms with E-state index in [0.29, 0.717) is 19.3 Å². The molecule has 6 heteroatoms. The molecule has 0 aromatic rings. The second-order valence-corrected chi connectivity index (χ2v) is 15.3. The van der Waals surface area contributed by atoms with Gasteiger partial charge >= 0.3 is 17.9 Å². The van der Waals surface area contributed by atoms with Gasteiger partial charge in [-0.25, -0.2) is 0 Å². The highest BCUT2D eigenvalue weighted by Gasteiger charge is 2.19. The van der Waals surface area contributed by atoms with Crippen LogP contribution in [0, 0.1) is 0 Å². The Hall–Kier alpha value is -3.41. The third-order valence-electron chi connectivity index (χ3n) is 9.63. The minimum absolute atomic E-state index is 0.0892. The maximum absolute atomic E-state index is 12.7. The highest BCUT2D eigenvalue weighted by molar-refractivity contribution is 5.71. The van der Waals surface area contributed by atoms with Crippen molar-refractivity contribution < 1.29 is 28.6 Å². The molecule has 330 valence electrons. The fourth-order valence-electron chi connectivity index (χ4n) is 6.07. The predicted octanol–water partition coefficient (Wildman–Crippen LogP) is 15.3. The number of rotatable bonds is 41. The van der Waals surface area contributed by atoms with Crippen molar-refractivity contribution in [1.29, 1.82) is 0 Å². The third kappa shape index (κ3) is 43.7. The summed E-state index contributed by atoms with van der Waals surface area (Å²) in [4.78, 5) is 37.6. The lowest BCUT2D eigenvalue weighted by molar-refractivity contribution is -0.167. The zero-order chi connectivity index (χ0) is 42.3. The average Bonchev–Trinajstić information content (AvgIpc) is 3.22. The van der Waals surface area contributed by atoms with Gasteiger partial charge in [0.2, 0.25) is 0 Å². The first-order valence-electron chi connectivity index (χ1n) is 23.6. The van der Waals surface area contributed by atoms with Crippen molar-refractivity contribution in [1.82, 2.24) is 0 Å². The summed E-state index contributed by atoms with van der Waals surface area (Å²) in [6, 6.07) is 0. The van der Waals surface area contributed by atoms with E-state index in [1.807, 2.05) is 0 Å². The molecule has 0 fully saturated rings. The lowest BCUT2D eigenvalue weighted by atomic mass is 10.1. The van der Waals surface area contributed by atoms with Crippen LogP contribution in [0.25, 0.3) is 0 Å². The van der Waals surface area contributed by atoms with E-state index in [0.717, 1.165) is 122 Å². The van der Waals surface area contributed by atoms with Gasteiger partial charge in [0.15, 0.2) is 6.10 Å². The fraction of sp³-hybridized carbons (Fsp3) is 0.673. The van der Waals surface area contributed by atoms with E-state index >= 15 is 0 Å². The largest absolute Gasteiger partial charge is 0.462 e. The van der Waals surface area contributed by atoms with Gasteiger partial charge in [0, 0.05) is 19.3 Å². The Labute approximate surface area is 356 Å². The van der Waals surface area contributed by atoms with E-state index < -0.39 is 6.10 Å². The van der Waals surface area contributed by atoms with Gasteiger partial charge in [-0.1, -0.05) is 183 Å². The molecule has 58 heavy (non-hydrogen) atoms. The van der Waals surface area contributed by atoms with Crippen LogP contribution in [0.4, 0.5) is 0 Å². The van der Waals surface area contributed by atoms with E-state index in [9.17, 15) is 14.4 Å². The summed E-state index contributed by atoms with van der Waals surface area (Å²) in [7, 11) is 0. The summed E-state index contributed by atoms with van der Waals surface area (Å²) in [6.45, 7) is 6.37. The number of hydrogen-bond acceptors (Lipinski definition) is 6. The summed E-state index contributed by atoms with van der Waals surface area (Å²) in [5, 5.41) is 0. The summed E-state index contributed by atoms with van der Waals surface area (Å²) in [5.74, 6) is -0.942. The number of hydrogen-bond donors (Lipinski definition) is 0. The average molecular weight is 807 g/mol. The normalized spacial score (nSPS) is 12.8. The molecule has 0 aromatic carbocycles. The zero-order valence-electron chi connectivity index (χ0n) is 37.5. The maximum Gasteiger partial charge on any atom is 0.306 e. The number of carbonyl (C=O) groups excluding carboxylic acids is 3. The van der Waals surface area contributed by atoms with Crippen LogP contribution >= 0.6 is 0 Å². The Morgan fingerprint density at radius 3 is 1.12 bits per heavy atom. The molecule has 1 unspecified atom stereocenters. The summed E-state index contributed by atoms with van der Waals surface area (Å²) in [5.41, 5.74) is 0. The highest BCUT2D eigenvalue weighted by Crippen LogP contribution is 2.12. The second kappa shape index (κ2) is 46.3. The molecular formula is C52H86O6. The van der Waals surface area contributed by atoms with Crippen molar-refractivity contribution in [2.75, 3.05) is 13.2 Å². The summed E-state index contributed by atoms with van der Waals surface area (Å²) in [6.07, 6.45) is 58.8. The SMILES string of the molecule is CC/C=C\C/C=C\C/C=C\C/C=C\C/C=C\C/C=C\CCCCCCC(=O)OCC(COC(=O)CCCCCCCC)OC(=O)CCCCCCC/C=C\CCCC. The van der Waals surface area contributed by atoms with Crippen LogP contribution in [0.15, 0.2) is 85.1 Å². The molecule has 0 saturated carbocycles. The molecule has 1 atom stereocenters. The molecule has 0 aliphatic rings. The molecule has 0 N–H and O–H groups in total. The number of carbonyl (C=O) groups is 3. The molecule has 0 aromatic heterocycles. The Balaban J connectivity index is 4.27. The fourth-order valence-corrected chi connectivity index (χ4v) is 6.07. The predicted molar refractivity (Wildman–Crippen MR) is 247 cm³/mol. The van der Waals surface area contributed by atoms with Crippen LogP contribution in [-0.2, 0) is 28.6 Å². The van der Waals surface area contributed by atoms with Crippen LogP contribution in [0.3, 0.4) is 0 Å². The van der Waals surface area contributed by atoms with Crippen LogP contribution in [0.5, 0.6) is 0 Å². The van der Waals surface area contributed by atoms with Gasteiger partial charge in [0.1, 0.15) is 13.2 Å². The Kier molecular flexibility index (Phi) is 43.6. The minimum atomic E-state index is -0.786. The molecule has 6 nitrogen and oxygen atoms in total. The smallest absolute Gasteiger partial charge is 0.306 e. The first-order valence-corrected chi connectivity index (χ1v) is 23.6. The van der Waals surface area contributed by atoms with Crippen LogP contribution in [-0.4, -0.2) is 37.2 Å². The number of allylic oxidation sites excluding steroid dienone is 14. The van der Waals surface area contributed by atoms with Crippen molar-refractivity contribution in [3.05, 3.63) is 85.1 Å². The van der Waals surface area contributed by atoms with Crippen molar-refractivity contribution in [3.63, 3.8) is 0 Å². The van der Waals surface area contributed by atoms with Crippen LogP contribution in [0.1, 0.15) is 207 Å². The lowest BCUT2D eigenvalue weighted by Crippen LogP contribution is -2.30. The summed E-state index contributed by atoms with van der Waals surface area (Å²) >= 11 is 0. The van der Waals surface area contributed by atoms with Crippen LogP contribution in [0.2, 0.25) is 0 Å². The molecule has 0 radical (unpaired) electrons. The highest BCUT2D eigenvalue weighted by atomic mass is 16.6. The van der Waals surface area contributed by atoms with Gasteiger partial charge < -0.3 is 14.2 Å². The topological polar surface area (TPSA) is 78.9 Å². The molecule has 0 aliphatic heterocycles. The summed E-state index contributed by atoms with van der Waals surface area (Å²) < 4.78 is 16.6. The number of unbranched alkanes of at least 4 members (excludes halogenated alkanes) is 16. The van der Waals surface area contributed by atoms with Crippen molar-refractivity contribution in [2.24, 2.45) is 0 Å². The van der Waals surface area contributed by atoms with Gasteiger partial charge in [-0.05, 0) is 89.9 Å². The van der Waals surface area contributed by atoms with Gasteiger partial charge in [-0.2, -0.15) is 0 Å². The van der Waals surface area contributed by atoms with Crippen LogP contribution < -0.4 is 0 Å². The standard InChI is InChI=1S/C52H86O6/c1-4-7-10-13-16-18-20-21-22-23-24-25-26-27-28-29-30-31-33-34-36-39-42-45-51(54)57-48-49(47-56-50(53)44-41-38-15-12-9-6-3)58-52(55)46-43-40-37-35-32-19-17-14-11-8-5-2/h7,10,14,16-18,21-22,24-25,27-28,30-31,49H,4-6,8-9,11-13,15,19-20,23,26,29,32-48H2,1-3H3/b10-7-,17-14-,18-16-,22-21-,25-24-,28-27-,31-30-. The molecule has 0 amide bonds. The molecule has 0 heterocycles. The molecular weight excluding hydrogens is 721 g/mol. The second-order valence-electron chi connectivity index (χ2n) is 15.3. The molecule has 0 spiro atoms.